The molecule has 128 valence electrons. The Morgan fingerprint density at radius 2 is 1.88 bits per heavy atom. The van der Waals surface area contributed by atoms with Gasteiger partial charge in [0, 0.05) is 11.6 Å². The molecule has 2 aromatic carbocycles. The molecule has 0 saturated carbocycles. The molecule has 0 spiro atoms. The van der Waals surface area contributed by atoms with Crippen LogP contribution in [0.4, 0.5) is 0 Å². The molecule has 3 N–H and O–H groups in total. The van der Waals surface area contributed by atoms with Crippen molar-refractivity contribution in [3.63, 3.8) is 0 Å². The minimum atomic E-state index is -3.71. The Hall–Kier alpha value is -2.09. The summed E-state index contributed by atoms with van der Waals surface area (Å²) in [5, 5.41) is 8.34. The number of benzene rings is 2. The molecule has 0 bridgehead atoms. The molecule has 0 unspecified atom stereocenters. The van der Waals surface area contributed by atoms with Gasteiger partial charge in [0.2, 0.25) is 10.0 Å². The first kappa shape index (κ1) is 18.3. The maximum absolute atomic E-state index is 11.8. The van der Waals surface area contributed by atoms with Crippen molar-refractivity contribution < 1.29 is 17.9 Å². The molecule has 8 heteroatoms. The van der Waals surface area contributed by atoms with E-state index in [1.165, 1.54) is 12.1 Å². The Kier molecular flexibility index (Phi) is 5.82. The van der Waals surface area contributed by atoms with Crippen LogP contribution < -0.4 is 15.2 Å². The van der Waals surface area contributed by atoms with Gasteiger partial charge in [0.15, 0.2) is 6.61 Å². The van der Waals surface area contributed by atoms with Gasteiger partial charge < -0.3 is 10.1 Å². The molecule has 0 atom stereocenters. The van der Waals surface area contributed by atoms with Crippen molar-refractivity contribution in [2.45, 2.75) is 18.4 Å². The molecule has 2 aromatic rings. The van der Waals surface area contributed by atoms with E-state index >= 15 is 0 Å². The second-order valence-electron chi connectivity index (χ2n) is 5.17. The Balaban J connectivity index is 1.83. The number of aryl methyl sites for hydroxylation is 1. The zero-order chi connectivity index (χ0) is 17.7. The van der Waals surface area contributed by atoms with E-state index in [1.54, 1.807) is 30.3 Å². The van der Waals surface area contributed by atoms with E-state index in [4.69, 9.17) is 21.5 Å². The average molecular weight is 369 g/mol. The molecule has 0 aliphatic rings. The van der Waals surface area contributed by atoms with Crippen molar-refractivity contribution in [2.24, 2.45) is 5.14 Å². The molecule has 0 fully saturated rings. The summed E-state index contributed by atoms with van der Waals surface area (Å²) in [6, 6.07) is 11.1. The van der Waals surface area contributed by atoms with Crippen LogP contribution in [0.5, 0.6) is 5.75 Å². The smallest absolute Gasteiger partial charge is 0.258 e. The summed E-state index contributed by atoms with van der Waals surface area (Å²) in [5.41, 5.74) is 1.61. The van der Waals surface area contributed by atoms with Crippen LogP contribution >= 0.6 is 11.6 Å². The van der Waals surface area contributed by atoms with E-state index in [2.05, 4.69) is 5.32 Å². The average Bonchev–Trinajstić information content (AvgIpc) is 2.53. The van der Waals surface area contributed by atoms with Crippen LogP contribution in [0.2, 0.25) is 5.02 Å². The van der Waals surface area contributed by atoms with Gasteiger partial charge in [0.25, 0.3) is 5.91 Å². The van der Waals surface area contributed by atoms with Crippen LogP contribution in [0.15, 0.2) is 47.4 Å². The van der Waals surface area contributed by atoms with Gasteiger partial charge in [-0.05, 0) is 48.4 Å². The lowest BCUT2D eigenvalue weighted by Gasteiger charge is -2.09. The molecule has 6 nitrogen and oxygen atoms in total. The van der Waals surface area contributed by atoms with Crippen molar-refractivity contribution in [1.82, 2.24) is 5.32 Å². The van der Waals surface area contributed by atoms with Crippen LogP contribution in [-0.2, 0) is 21.4 Å². The predicted molar refractivity (Wildman–Crippen MR) is 91.3 cm³/mol. The number of nitrogens with two attached hydrogens (primary N) is 1. The van der Waals surface area contributed by atoms with Gasteiger partial charge in [0.05, 0.1) is 4.90 Å². The van der Waals surface area contributed by atoms with E-state index in [1.807, 2.05) is 6.92 Å². The highest BCUT2D eigenvalue weighted by molar-refractivity contribution is 7.89. The maximum Gasteiger partial charge on any atom is 0.258 e. The van der Waals surface area contributed by atoms with E-state index in [-0.39, 0.29) is 24.0 Å². The predicted octanol–water partition coefficient (Wildman–Crippen LogP) is 1.99. The number of nitrogens with one attached hydrogen (secondary N) is 1. The normalized spacial score (nSPS) is 11.1. The highest BCUT2D eigenvalue weighted by Gasteiger charge is 2.08. The Morgan fingerprint density at radius 3 is 2.46 bits per heavy atom. The lowest BCUT2D eigenvalue weighted by molar-refractivity contribution is -0.123. The van der Waals surface area contributed by atoms with E-state index in [9.17, 15) is 13.2 Å². The molecule has 2 rings (SSSR count). The fraction of sp³-hybridized carbons (Fsp3) is 0.188. The van der Waals surface area contributed by atoms with E-state index < -0.39 is 10.0 Å². The molecule has 24 heavy (non-hydrogen) atoms. The zero-order valence-corrected chi connectivity index (χ0v) is 14.5. The molecular formula is C16H17ClN2O4S. The topological polar surface area (TPSA) is 98.5 Å². The van der Waals surface area contributed by atoms with Crippen molar-refractivity contribution in [1.29, 1.82) is 0 Å². The second-order valence-corrected chi connectivity index (χ2v) is 7.13. The number of sulfonamides is 1. The van der Waals surface area contributed by atoms with Crippen LogP contribution in [0.3, 0.4) is 0 Å². The standard InChI is InChI=1S/C16H17ClN2O4S/c1-11-8-13(4-7-15(11)17)23-10-16(20)19-9-12-2-5-14(6-3-12)24(18,21)22/h2-8H,9-10H2,1H3,(H,19,20)(H2,18,21,22). The van der Waals surface area contributed by atoms with E-state index in [0.29, 0.717) is 10.8 Å². The third-order valence-electron chi connectivity index (χ3n) is 3.24. The van der Waals surface area contributed by atoms with Gasteiger partial charge in [-0.15, -0.1) is 0 Å². The molecule has 0 radical (unpaired) electrons. The number of hydrogen-bond acceptors (Lipinski definition) is 4. The SMILES string of the molecule is Cc1cc(OCC(=O)NCc2ccc(S(N)(=O)=O)cc2)ccc1Cl. The van der Waals surface area contributed by atoms with Crippen LogP contribution in [-0.4, -0.2) is 20.9 Å². The number of carbonyl (C=O) groups is 1. The first-order chi connectivity index (χ1) is 11.3. The molecular weight excluding hydrogens is 352 g/mol. The largest absolute Gasteiger partial charge is 0.484 e. The highest BCUT2D eigenvalue weighted by Crippen LogP contribution is 2.20. The maximum atomic E-state index is 11.8. The first-order valence-corrected chi connectivity index (χ1v) is 8.95. The summed E-state index contributed by atoms with van der Waals surface area (Å²) in [4.78, 5) is 11.8. The summed E-state index contributed by atoms with van der Waals surface area (Å²) >= 11 is 5.92. The first-order valence-electron chi connectivity index (χ1n) is 7.03. The van der Waals surface area contributed by atoms with Gasteiger partial charge in [0.1, 0.15) is 5.75 Å². The summed E-state index contributed by atoms with van der Waals surface area (Å²) in [7, 11) is -3.71. The van der Waals surface area contributed by atoms with Crippen molar-refractivity contribution >= 4 is 27.5 Å². The third-order valence-corrected chi connectivity index (χ3v) is 4.59. The van der Waals surface area contributed by atoms with Gasteiger partial charge in [-0.3, -0.25) is 4.79 Å². The van der Waals surface area contributed by atoms with E-state index in [0.717, 1.165) is 11.1 Å². The van der Waals surface area contributed by atoms with Gasteiger partial charge in [-0.1, -0.05) is 23.7 Å². The molecule has 0 aliphatic carbocycles. The van der Waals surface area contributed by atoms with Gasteiger partial charge in [-0.25, -0.2) is 13.6 Å². The van der Waals surface area contributed by atoms with Crippen LogP contribution in [0, 0.1) is 6.92 Å². The number of primary sulfonamides is 1. The van der Waals surface area contributed by atoms with Crippen molar-refractivity contribution in [3.8, 4) is 5.75 Å². The summed E-state index contributed by atoms with van der Waals surface area (Å²) in [6.07, 6.45) is 0. The summed E-state index contributed by atoms with van der Waals surface area (Å²) in [6.45, 7) is 1.98. The van der Waals surface area contributed by atoms with Crippen LogP contribution in [0.1, 0.15) is 11.1 Å². The molecule has 1 amide bonds. The summed E-state index contributed by atoms with van der Waals surface area (Å²) in [5.74, 6) is 0.266. The van der Waals surface area contributed by atoms with Gasteiger partial charge in [-0.2, -0.15) is 0 Å². The molecule has 0 aromatic heterocycles. The zero-order valence-electron chi connectivity index (χ0n) is 13.0. The fourth-order valence-corrected chi connectivity index (χ4v) is 2.54. The molecule has 0 saturated heterocycles. The Labute approximate surface area is 145 Å². The number of carbonyl (C=O) groups excluding carboxylic acids is 1. The number of ether oxygens (including phenoxy) is 1. The highest BCUT2D eigenvalue weighted by atomic mass is 35.5. The number of rotatable bonds is 6. The minimum absolute atomic E-state index is 0.0269. The van der Waals surface area contributed by atoms with Crippen LogP contribution in [0.25, 0.3) is 0 Å². The Bertz CT molecular complexity index is 836. The summed E-state index contributed by atoms with van der Waals surface area (Å²) < 4.78 is 27.7. The lowest BCUT2D eigenvalue weighted by atomic mass is 10.2. The fourth-order valence-electron chi connectivity index (χ4n) is 1.90. The molecule has 0 heterocycles. The Morgan fingerprint density at radius 1 is 1.21 bits per heavy atom. The quantitative estimate of drug-likeness (QED) is 0.814. The molecule has 0 aliphatic heterocycles. The minimum Gasteiger partial charge on any atom is -0.484 e. The van der Waals surface area contributed by atoms with Crippen molar-refractivity contribution in [3.05, 3.63) is 58.6 Å². The van der Waals surface area contributed by atoms with Crippen molar-refractivity contribution in [2.75, 3.05) is 6.61 Å². The number of amides is 1. The third kappa shape index (κ3) is 5.23. The lowest BCUT2D eigenvalue weighted by Crippen LogP contribution is -2.28. The van der Waals surface area contributed by atoms with Gasteiger partial charge >= 0.3 is 0 Å². The second kappa shape index (κ2) is 7.65. The monoisotopic (exact) mass is 368 g/mol. The number of halogens is 1. The number of hydrogen-bond donors (Lipinski definition) is 2.